The Hall–Kier alpha value is -1.14. The van der Waals surface area contributed by atoms with E-state index in [0.717, 1.165) is 24.8 Å². The van der Waals surface area contributed by atoms with Crippen molar-refractivity contribution in [1.29, 1.82) is 0 Å². The van der Waals surface area contributed by atoms with Gasteiger partial charge in [0.2, 0.25) is 0 Å². The van der Waals surface area contributed by atoms with Crippen LogP contribution in [0.15, 0.2) is 12.2 Å². The largest absolute Gasteiger partial charge is 0.120 e. The van der Waals surface area contributed by atoms with Crippen LogP contribution in [-0.4, -0.2) is 0 Å². The molecule has 0 aromatic carbocycles. The Labute approximate surface area is 81.4 Å². The molecule has 0 saturated heterocycles. The fourth-order valence-corrected chi connectivity index (χ4v) is 2.08. The van der Waals surface area contributed by atoms with Gasteiger partial charge in [0.1, 0.15) is 0 Å². The maximum absolute atomic E-state index is 5.48. The van der Waals surface area contributed by atoms with Gasteiger partial charge in [-0.25, -0.2) is 0 Å². The number of rotatable bonds is 2. The van der Waals surface area contributed by atoms with Gasteiger partial charge >= 0.3 is 0 Å². The third kappa shape index (κ3) is 2.40. The highest BCUT2D eigenvalue weighted by Gasteiger charge is 2.33. The van der Waals surface area contributed by atoms with Crippen LogP contribution in [0.1, 0.15) is 32.6 Å². The van der Waals surface area contributed by atoms with E-state index < -0.39 is 0 Å². The molecule has 13 heavy (non-hydrogen) atoms. The molecule has 0 aliphatic heterocycles. The summed E-state index contributed by atoms with van der Waals surface area (Å²) in [6.45, 7) is 5.98. The lowest BCUT2D eigenvalue weighted by Gasteiger charge is -2.15. The molecule has 2 unspecified atom stereocenters. The normalized spacial score (nSPS) is 32.1. The molecule has 1 aliphatic rings. The van der Waals surface area contributed by atoms with Crippen molar-refractivity contribution in [2.24, 2.45) is 11.3 Å². The summed E-state index contributed by atoms with van der Waals surface area (Å²) < 4.78 is 0. The SMILES string of the molecule is C#CC(=C)CC1CCC(C)(C#C)C1. The first-order valence-corrected chi connectivity index (χ1v) is 4.72. The molecular weight excluding hydrogens is 156 g/mol. The summed E-state index contributed by atoms with van der Waals surface area (Å²) in [6, 6.07) is 0. The molecule has 1 fully saturated rings. The lowest BCUT2D eigenvalue weighted by atomic mass is 9.88. The minimum absolute atomic E-state index is 0.111. The summed E-state index contributed by atoms with van der Waals surface area (Å²) in [4.78, 5) is 0. The van der Waals surface area contributed by atoms with Crippen molar-refractivity contribution in [3.05, 3.63) is 12.2 Å². The van der Waals surface area contributed by atoms with Crippen molar-refractivity contribution in [3.8, 4) is 24.7 Å². The number of terminal acetylenes is 2. The Morgan fingerprint density at radius 2 is 2.31 bits per heavy atom. The molecule has 0 nitrogen and oxygen atoms in total. The zero-order chi connectivity index (χ0) is 9.90. The van der Waals surface area contributed by atoms with Crippen molar-refractivity contribution in [2.75, 3.05) is 0 Å². The standard InChI is InChI=1S/C13H16/c1-5-11(3)9-12-7-8-13(4,6-2)10-12/h1-2,12H,3,7-10H2,4H3. The predicted octanol–water partition coefficient (Wildman–Crippen LogP) is 3.01. The zero-order valence-corrected chi connectivity index (χ0v) is 8.27. The lowest BCUT2D eigenvalue weighted by molar-refractivity contribution is 0.433. The average Bonchev–Trinajstić information content (AvgIpc) is 2.48. The molecule has 0 aromatic heterocycles. The second-order valence-electron chi connectivity index (χ2n) is 4.27. The van der Waals surface area contributed by atoms with Crippen molar-refractivity contribution >= 4 is 0 Å². The van der Waals surface area contributed by atoms with E-state index in [1.54, 1.807) is 0 Å². The molecule has 0 heteroatoms. The zero-order valence-electron chi connectivity index (χ0n) is 8.27. The topological polar surface area (TPSA) is 0 Å². The second-order valence-corrected chi connectivity index (χ2v) is 4.27. The van der Waals surface area contributed by atoms with Gasteiger partial charge in [0.05, 0.1) is 0 Å². The number of hydrogen-bond acceptors (Lipinski definition) is 0. The van der Waals surface area contributed by atoms with Gasteiger partial charge in [-0.05, 0) is 44.1 Å². The first kappa shape index (κ1) is 9.94. The van der Waals surface area contributed by atoms with Crippen molar-refractivity contribution in [2.45, 2.75) is 32.6 Å². The van der Waals surface area contributed by atoms with Crippen molar-refractivity contribution in [3.63, 3.8) is 0 Å². The van der Waals surface area contributed by atoms with Crippen LogP contribution in [-0.2, 0) is 0 Å². The van der Waals surface area contributed by atoms with Crippen LogP contribution in [0.4, 0.5) is 0 Å². The molecule has 1 aliphatic carbocycles. The van der Waals surface area contributed by atoms with Crippen molar-refractivity contribution < 1.29 is 0 Å². The van der Waals surface area contributed by atoms with Crippen LogP contribution >= 0.6 is 0 Å². The fraction of sp³-hybridized carbons (Fsp3) is 0.538. The van der Waals surface area contributed by atoms with Crippen molar-refractivity contribution in [1.82, 2.24) is 0 Å². The maximum atomic E-state index is 5.48. The van der Waals surface area contributed by atoms with Crippen LogP contribution in [0.2, 0.25) is 0 Å². The Bertz CT molecular complexity index is 284. The molecular formula is C13H16. The Morgan fingerprint density at radius 3 is 2.77 bits per heavy atom. The molecule has 2 atom stereocenters. The third-order valence-corrected chi connectivity index (χ3v) is 2.93. The van der Waals surface area contributed by atoms with Crippen LogP contribution in [0.25, 0.3) is 0 Å². The summed E-state index contributed by atoms with van der Waals surface area (Å²) in [7, 11) is 0. The Balaban J connectivity index is 2.48. The molecule has 0 spiro atoms. The van der Waals surface area contributed by atoms with Crippen LogP contribution in [0.5, 0.6) is 0 Å². The quantitative estimate of drug-likeness (QED) is 0.562. The van der Waals surface area contributed by atoms with E-state index in [4.69, 9.17) is 12.8 Å². The van der Waals surface area contributed by atoms with Gasteiger partial charge in [0.25, 0.3) is 0 Å². The molecule has 0 bridgehead atoms. The first-order chi connectivity index (χ1) is 6.09. The third-order valence-electron chi connectivity index (χ3n) is 2.93. The first-order valence-electron chi connectivity index (χ1n) is 4.72. The smallest absolute Gasteiger partial charge is 0.0286 e. The van der Waals surface area contributed by atoms with Gasteiger partial charge in [0.15, 0.2) is 0 Å². The van der Waals surface area contributed by atoms with E-state index in [2.05, 4.69) is 25.3 Å². The van der Waals surface area contributed by atoms with E-state index in [9.17, 15) is 0 Å². The average molecular weight is 172 g/mol. The van der Waals surface area contributed by atoms with Gasteiger partial charge in [-0.2, -0.15) is 0 Å². The maximum Gasteiger partial charge on any atom is 0.0286 e. The molecule has 0 N–H and O–H groups in total. The van der Waals surface area contributed by atoms with Gasteiger partial charge in [-0.15, -0.1) is 18.8 Å². The summed E-state index contributed by atoms with van der Waals surface area (Å²) >= 11 is 0. The van der Waals surface area contributed by atoms with E-state index in [1.807, 2.05) is 0 Å². The Morgan fingerprint density at radius 1 is 1.62 bits per heavy atom. The van der Waals surface area contributed by atoms with Gasteiger partial charge in [-0.1, -0.05) is 12.5 Å². The minimum atomic E-state index is 0.111. The van der Waals surface area contributed by atoms with Gasteiger partial charge in [-0.3, -0.25) is 0 Å². The monoisotopic (exact) mass is 172 g/mol. The van der Waals surface area contributed by atoms with Gasteiger partial charge in [0, 0.05) is 5.41 Å². The van der Waals surface area contributed by atoms with Gasteiger partial charge < -0.3 is 0 Å². The van der Waals surface area contributed by atoms with E-state index in [-0.39, 0.29) is 5.41 Å². The minimum Gasteiger partial charge on any atom is -0.120 e. The summed E-state index contributed by atoms with van der Waals surface area (Å²) in [6.07, 6.45) is 15.1. The summed E-state index contributed by atoms with van der Waals surface area (Å²) in [5.41, 5.74) is 1.02. The van der Waals surface area contributed by atoms with E-state index in [0.29, 0.717) is 5.92 Å². The van der Waals surface area contributed by atoms with Crippen LogP contribution in [0, 0.1) is 36.0 Å². The second kappa shape index (κ2) is 3.71. The highest BCUT2D eigenvalue weighted by atomic mass is 14.4. The molecule has 68 valence electrons. The highest BCUT2D eigenvalue weighted by Crippen LogP contribution is 2.42. The highest BCUT2D eigenvalue weighted by molar-refractivity contribution is 5.22. The fourth-order valence-electron chi connectivity index (χ4n) is 2.08. The molecule has 0 heterocycles. The number of hydrogen-bond donors (Lipinski definition) is 0. The lowest BCUT2D eigenvalue weighted by Crippen LogP contribution is -2.08. The molecule has 0 aromatic rings. The number of allylic oxidation sites excluding steroid dienone is 1. The van der Waals surface area contributed by atoms with E-state index in [1.165, 1.54) is 6.42 Å². The van der Waals surface area contributed by atoms with E-state index >= 15 is 0 Å². The Kier molecular flexibility index (Phi) is 2.84. The summed E-state index contributed by atoms with van der Waals surface area (Å²) in [5.74, 6) is 6.13. The molecule has 1 saturated carbocycles. The van der Waals surface area contributed by atoms with Crippen LogP contribution < -0.4 is 0 Å². The summed E-state index contributed by atoms with van der Waals surface area (Å²) in [5, 5.41) is 0. The molecule has 0 radical (unpaired) electrons. The molecule has 1 rings (SSSR count). The van der Waals surface area contributed by atoms with Crippen LogP contribution in [0.3, 0.4) is 0 Å². The predicted molar refractivity (Wildman–Crippen MR) is 56.9 cm³/mol. The molecule has 0 amide bonds.